The summed E-state index contributed by atoms with van der Waals surface area (Å²) in [5, 5.41) is 10.3. The average molecular weight is 636 g/mol. The number of fused-ring (bicyclic) bond motifs is 1. The first-order valence-corrected chi connectivity index (χ1v) is 16.6. The molecule has 3 aromatic carbocycles. The van der Waals surface area contributed by atoms with Crippen LogP contribution in [-0.2, 0) is 20.0 Å². The third-order valence-electron chi connectivity index (χ3n) is 7.21. The van der Waals surface area contributed by atoms with Gasteiger partial charge in [-0.1, -0.05) is 36.2 Å². The Balaban J connectivity index is 1.68. The lowest BCUT2D eigenvalue weighted by molar-refractivity contribution is 0.0387. The van der Waals surface area contributed by atoms with E-state index in [1.807, 2.05) is 13.8 Å². The fourth-order valence-electron chi connectivity index (χ4n) is 4.57. The van der Waals surface area contributed by atoms with Crippen molar-refractivity contribution in [3.05, 3.63) is 82.9 Å². The Hall–Kier alpha value is -3.16. The van der Waals surface area contributed by atoms with Gasteiger partial charge in [0.25, 0.3) is 15.9 Å². The zero-order valence-corrected chi connectivity index (χ0v) is 26.1. The largest absolute Gasteiger partial charge is 0.488 e. The Morgan fingerprint density at radius 3 is 2.29 bits per heavy atom. The van der Waals surface area contributed by atoms with Gasteiger partial charge in [-0.15, -0.1) is 0 Å². The summed E-state index contributed by atoms with van der Waals surface area (Å²) in [7, 11) is -6.38. The summed E-state index contributed by atoms with van der Waals surface area (Å²) in [6.07, 6.45) is -0.688. The van der Waals surface area contributed by atoms with Crippen LogP contribution >= 0.6 is 11.6 Å². The molecule has 0 unspecified atom stereocenters. The Morgan fingerprint density at radius 2 is 1.67 bits per heavy atom. The van der Waals surface area contributed by atoms with Gasteiger partial charge in [-0.2, -0.15) is 4.31 Å². The predicted molar refractivity (Wildman–Crippen MR) is 161 cm³/mol. The molecule has 10 nitrogen and oxygen atoms in total. The molecule has 3 aromatic rings. The number of nitrogens with one attached hydrogen (secondary N) is 1. The Kier molecular flexibility index (Phi) is 9.53. The fourth-order valence-corrected chi connectivity index (χ4v) is 6.93. The van der Waals surface area contributed by atoms with Gasteiger partial charge in [-0.25, -0.2) is 16.8 Å². The van der Waals surface area contributed by atoms with Crippen molar-refractivity contribution in [1.82, 2.24) is 9.21 Å². The highest BCUT2D eigenvalue weighted by Gasteiger charge is 2.35. The van der Waals surface area contributed by atoms with Crippen LogP contribution in [0.3, 0.4) is 0 Å². The van der Waals surface area contributed by atoms with Crippen LogP contribution in [-0.4, -0.2) is 75.9 Å². The number of amides is 1. The second-order valence-corrected chi connectivity index (χ2v) is 14.7. The first-order valence-electron chi connectivity index (χ1n) is 13.3. The molecule has 1 aliphatic heterocycles. The van der Waals surface area contributed by atoms with Crippen molar-refractivity contribution in [2.24, 2.45) is 5.92 Å². The molecule has 1 heterocycles. The number of rotatable bonds is 9. The molecule has 4 rings (SSSR count). The Morgan fingerprint density at radius 1 is 1.05 bits per heavy atom. The number of likely N-dealkylation sites (N-methyl/N-ethyl adjacent to an activating group) is 1. The summed E-state index contributed by atoms with van der Waals surface area (Å²) in [6.45, 7) is 5.21. The van der Waals surface area contributed by atoms with Gasteiger partial charge in [-0.3, -0.25) is 9.52 Å². The maximum absolute atomic E-state index is 13.7. The minimum Gasteiger partial charge on any atom is -0.488 e. The third-order valence-corrected chi connectivity index (χ3v) is 10.7. The van der Waals surface area contributed by atoms with Crippen molar-refractivity contribution in [1.29, 1.82) is 0 Å². The molecule has 0 saturated heterocycles. The van der Waals surface area contributed by atoms with Gasteiger partial charge in [0.1, 0.15) is 11.9 Å². The number of carbonyl (C=O) groups is 1. The first-order chi connectivity index (χ1) is 19.7. The molecule has 0 fully saturated rings. The number of aliphatic hydroxyl groups is 1. The minimum atomic E-state index is -3.94. The number of hydrogen-bond acceptors (Lipinski definition) is 7. The lowest BCUT2D eigenvalue weighted by Gasteiger charge is -2.38. The van der Waals surface area contributed by atoms with E-state index in [-0.39, 0.29) is 52.4 Å². The van der Waals surface area contributed by atoms with Crippen LogP contribution in [0.25, 0.3) is 0 Å². The van der Waals surface area contributed by atoms with Crippen molar-refractivity contribution in [3.63, 3.8) is 0 Å². The van der Waals surface area contributed by atoms with Crippen LogP contribution in [0.5, 0.6) is 5.75 Å². The number of halogens is 1. The molecule has 13 heteroatoms. The lowest BCUT2D eigenvalue weighted by Crippen LogP contribution is -2.50. The standard InChI is InChI=1S/C29H34ClN3O7S2/c1-19-5-10-24(11-6-19)41(36,37)31-23-9-14-27-26(15-23)29(35)33(21(3)18-34)16-20(2)28(40-27)17-32(4)42(38,39)25-12-7-22(30)8-13-25/h5-15,20-21,28,31,34H,16-18H2,1-4H3/t20-,21+,28-/m1/s1. The van der Waals surface area contributed by atoms with E-state index in [2.05, 4.69) is 4.72 Å². The molecule has 3 atom stereocenters. The highest BCUT2D eigenvalue weighted by atomic mass is 35.5. The van der Waals surface area contributed by atoms with E-state index in [9.17, 15) is 26.7 Å². The van der Waals surface area contributed by atoms with E-state index in [0.29, 0.717) is 5.02 Å². The summed E-state index contributed by atoms with van der Waals surface area (Å²) in [6, 6.07) is 16.0. The molecule has 0 bridgehead atoms. The Labute approximate surface area is 252 Å². The maximum Gasteiger partial charge on any atom is 0.261 e. The maximum atomic E-state index is 13.7. The molecule has 0 aliphatic carbocycles. The summed E-state index contributed by atoms with van der Waals surface area (Å²) >= 11 is 5.93. The van der Waals surface area contributed by atoms with Crippen LogP contribution in [0.15, 0.2) is 76.5 Å². The van der Waals surface area contributed by atoms with Crippen molar-refractivity contribution in [2.75, 3.05) is 31.5 Å². The number of hydrogen-bond donors (Lipinski definition) is 2. The van der Waals surface area contributed by atoms with Gasteiger partial charge in [-0.05, 0) is 68.4 Å². The normalized spacial score (nSPS) is 18.5. The molecule has 0 saturated carbocycles. The summed E-state index contributed by atoms with van der Waals surface area (Å²) < 4.78 is 62.5. The van der Waals surface area contributed by atoms with E-state index in [1.54, 1.807) is 19.1 Å². The predicted octanol–water partition coefficient (Wildman–Crippen LogP) is 3.99. The van der Waals surface area contributed by atoms with Gasteiger partial charge in [0.15, 0.2) is 0 Å². The smallest absolute Gasteiger partial charge is 0.261 e. The summed E-state index contributed by atoms with van der Waals surface area (Å²) in [5.41, 5.74) is 1.14. The van der Waals surface area contributed by atoms with Crippen molar-refractivity contribution in [2.45, 2.75) is 42.7 Å². The van der Waals surface area contributed by atoms with Crippen LogP contribution in [0.4, 0.5) is 5.69 Å². The Bertz CT molecular complexity index is 1650. The zero-order valence-electron chi connectivity index (χ0n) is 23.7. The number of carbonyl (C=O) groups excluding carboxylic acids is 1. The highest BCUT2D eigenvalue weighted by Crippen LogP contribution is 2.32. The number of sulfonamides is 2. The lowest BCUT2D eigenvalue weighted by atomic mass is 9.99. The van der Waals surface area contributed by atoms with E-state index in [0.717, 1.165) is 5.56 Å². The summed E-state index contributed by atoms with van der Waals surface area (Å²) in [5.74, 6) is -0.615. The van der Waals surface area contributed by atoms with Crippen LogP contribution in [0.2, 0.25) is 5.02 Å². The van der Waals surface area contributed by atoms with Gasteiger partial charge in [0.2, 0.25) is 10.0 Å². The van der Waals surface area contributed by atoms with E-state index in [4.69, 9.17) is 16.3 Å². The second kappa shape index (κ2) is 12.6. The molecular formula is C29H34ClN3O7S2. The molecular weight excluding hydrogens is 602 g/mol. The fraction of sp³-hybridized carbons (Fsp3) is 0.345. The van der Waals surface area contributed by atoms with Crippen LogP contribution in [0, 0.1) is 12.8 Å². The highest BCUT2D eigenvalue weighted by molar-refractivity contribution is 7.92. The van der Waals surface area contributed by atoms with E-state index in [1.165, 1.54) is 70.9 Å². The molecule has 42 heavy (non-hydrogen) atoms. The molecule has 1 amide bonds. The van der Waals surface area contributed by atoms with Crippen molar-refractivity contribution >= 4 is 43.2 Å². The molecule has 0 radical (unpaired) electrons. The van der Waals surface area contributed by atoms with Gasteiger partial charge < -0.3 is 14.7 Å². The van der Waals surface area contributed by atoms with Gasteiger partial charge >= 0.3 is 0 Å². The number of nitrogens with zero attached hydrogens (tertiary/aromatic N) is 2. The van der Waals surface area contributed by atoms with E-state index < -0.39 is 38.1 Å². The van der Waals surface area contributed by atoms with Crippen molar-refractivity contribution in [3.8, 4) is 5.75 Å². The zero-order chi connectivity index (χ0) is 30.8. The molecule has 0 aromatic heterocycles. The second-order valence-electron chi connectivity index (χ2n) is 10.5. The number of aliphatic hydroxyl groups excluding tert-OH is 1. The third kappa shape index (κ3) is 6.90. The molecule has 0 spiro atoms. The van der Waals surface area contributed by atoms with Crippen molar-refractivity contribution < 1.29 is 31.5 Å². The van der Waals surface area contributed by atoms with Gasteiger partial charge in [0.05, 0.1) is 34.5 Å². The number of aryl methyl sites for hydroxylation is 1. The van der Waals surface area contributed by atoms with E-state index >= 15 is 0 Å². The number of ether oxygens (including phenoxy) is 1. The first kappa shape index (κ1) is 31.8. The van der Waals surface area contributed by atoms with Crippen LogP contribution in [0.1, 0.15) is 29.8 Å². The monoisotopic (exact) mass is 635 g/mol. The summed E-state index contributed by atoms with van der Waals surface area (Å²) in [4.78, 5) is 15.3. The quantitative estimate of drug-likeness (QED) is 0.363. The SMILES string of the molecule is Cc1ccc(S(=O)(=O)Nc2ccc3c(c2)C(=O)N([C@@H](C)CO)C[C@@H](C)[C@@H](CN(C)S(=O)(=O)c2ccc(Cl)cc2)O3)cc1. The van der Waals surface area contributed by atoms with Gasteiger partial charge in [0, 0.05) is 30.2 Å². The molecule has 226 valence electrons. The topological polar surface area (TPSA) is 133 Å². The van der Waals surface area contributed by atoms with Crippen LogP contribution < -0.4 is 9.46 Å². The minimum absolute atomic E-state index is 0.0388. The average Bonchev–Trinajstić information content (AvgIpc) is 2.95. The molecule has 2 N–H and O–H groups in total. The number of anilines is 1. The number of benzene rings is 3. The molecule has 1 aliphatic rings.